The van der Waals surface area contributed by atoms with Gasteiger partial charge < -0.3 is 50.0 Å². The van der Waals surface area contributed by atoms with Crippen LogP contribution in [0.2, 0.25) is 0 Å². The molecule has 226 valence electrons. The molecule has 3 aromatic rings. The third kappa shape index (κ3) is 4.58. The van der Waals surface area contributed by atoms with E-state index >= 15 is 0 Å². The van der Waals surface area contributed by atoms with Crippen molar-refractivity contribution in [1.29, 1.82) is 0 Å². The normalized spacial score (nSPS) is 23.0. The molecule has 1 aliphatic carbocycles. The molecule has 0 radical (unpaired) electrons. The molecule has 13 nitrogen and oxygen atoms in total. The van der Waals surface area contributed by atoms with Crippen LogP contribution in [0.25, 0.3) is 11.1 Å². The van der Waals surface area contributed by atoms with Gasteiger partial charge in [0.15, 0.2) is 11.6 Å². The highest BCUT2D eigenvalue weighted by molar-refractivity contribution is 6.32. The minimum Gasteiger partial charge on any atom is -0.507 e. The zero-order valence-electron chi connectivity index (χ0n) is 23.1. The standard InChI is InChI=1S/C30H28O13/c1-10-7-14(34)21-23(24(35)12-5-4-6-13(33)20(12)27(21)38)18(10)22-16(8-15(41-3)19(11(2)32)26(22)37)42-30-29(40)28(39)25(36)17(9-31)43-30/h4-8,17,25,28-31,33-34,36-37,39-40H,9H2,1-3H3/t17-,25-,28+,29-,30-/m1/s1. The lowest BCUT2D eigenvalue weighted by atomic mass is 9.77. The third-order valence-corrected chi connectivity index (χ3v) is 7.61. The van der Waals surface area contributed by atoms with Gasteiger partial charge in [0.1, 0.15) is 58.7 Å². The number of aliphatic hydroxyl groups is 4. The summed E-state index contributed by atoms with van der Waals surface area (Å²) in [6.45, 7) is 1.84. The molecule has 2 aliphatic rings. The third-order valence-electron chi connectivity index (χ3n) is 7.61. The van der Waals surface area contributed by atoms with Gasteiger partial charge in [-0.25, -0.2) is 0 Å². The first kappa shape index (κ1) is 29.9. The summed E-state index contributed by atoms with van der Waals surface area (Å²) in [5, 5.41) is 73.5. The van der Waals surface area contributed by atoms with Gasteiger partial charge >= 0.3 is 0 Å². The second kappa shape index (κ2) is 10.9. The van der Waals surface area contributed by atoms with Crippen LogP contribution in [-0.2, 0) is 4.74 Å². The number of carbonyl (C=O) groups excluding carboxylic acids is 3. The van der Waals surface area contributed by atoms with E-state index in [1.165, 1.54) is 32.2 Å². The number of hydrogen-bond acceptors (Lipinski definition) is 13. The first-order chi connectivity index (χ1) is 20.3. The van der Waals surface area contributed by atoms with Gasteiger partial charge in [0.25, 0.3) is 0 Å². The van der Waals surface area contributed by atoms with E-state index in [0.29, 0.717) is 0 Å². The Hall–Kier alpha value is -4.53. The predicted octanol–water partition coefficient (Wildman–Crippen LogP) is 0.944. The van der Waals surface area contributed by atoms with Crippen LogP contribution < -0.4 is 9.47 Å². The Kier molecular flexibility index (Phi) is 7.62. The van der Waals surface area contributed by atoms with E-state index in [-0.39, 0.29) is 50.4 Å². The Morgan fingerprint density at radius 1 is 0.860 bits per heavy atom. The quantitative estimate of drug-likeness (QED) is 0.154. The van der Waals surface area contributed by atoms with Crippen molar-refractivity contribution in [2.75, 3.05) is 13.7 Å². The number of ether oxygens (including phenoxy) is 3. The number of phenolic OH excluding ortho intramolecular Hbond substituents is 3. The number of benzene rings is 3. The maximum absolute atomic E-state index is 13.9. The molecule has 5 atom stereocenters. The fourth-order valence-corrected chi connectivity index (χ4v) is 5.55. The van der Waals surface area contributed by atoms with Crippen LogP contribution in [0.15, 0.2) is 30.3 Å². The molecule has 1 heterocycles. The van der Waals surface area contributed by atoms with E-state index < -0.39 is 77.5 Å². The molecular weight excluding hydrogens is 568 g/mol. The molecule has 1 aliphatic heterocycles. The van der Waals surface area contributed by atoms with E-state index in [1.54, 1.807) is 0 Å². The predicted molar refractivity (Wildman–Crippen MR) is 146 cm³/mol. The number of aromatic hydroxyl groups is 3. The monoisotopic (exact) mass is 596 g/mol. The lowest BCUT2D eigenvalue weighted by Gasteiger charge is -2.40. The molecule has 0 amide bonds. The number of phenols is 3. The lowest BCUT2D eigenvalue weighted by molar-refractivity contribution is -0.277. The molecule has 0 unspecified atom stereocenters. The van der Waals surface area contributed by atoms with Crippen molar-refractivity contribution in [2.24, 2.45) is 0 Å². The molecule has 1 saturated heterocycles. The Labute approximate surface area is 243 Å². The average Bonchev–Trinajstić information content (AvgIpc) is 2.96. The molecular formula is C30H28O13. The smallest absolute Gasteiger partial charge is 0.229 e. The number of rotatable bonds is 6. The molecule has 0 saturated carbocycles. The van der Waals surface area contributed by atoms with Crippen LogP contribution >= 0.6 is 0 Å². The first-order valence-electron chi connectivity index (χ1n) is 13.0. The fraction of sp³-hybridized carbons (Fsp3) is 0.300. The van der Waals surface area contributed by atoms with E-state index in [0.717, 1.165) is 19.1 Å². The number of aliphatic hydroxyl groups excluding tert-OH is 4. The Morgan fingerprint density at radius 2 is 1.56 bits per heavy atom. The van der Waals surface area contributed by atoms with Gasteiger partial charge in [-0.2, -0.15) is 0 Å². The van der Waals surface area contributed by atoms with Gasteiger partial charge in [0.05, 0.1) is 30.4 Å². The zero-order valence-corrected chi connectivity index (χ0v) is 23.1. The second-order valence-corrected chi connectivity index (χ2v) is 10.2. The van der Waals surface area contributed by atoms with Gasteiger partial charge in [0.2, 0.25) is 12.1 Å². The topological polar surface area (TPSA) is 221 Å². The summed E-state index contributed by atoms with van der Waals surface area (Å²) in [4.78, 5) is 40.2. The van der Waals surface area contributed by atoms with E-state index in [9.17, 15) is 50.1 Å². The summed E-state index contributed by atoms with van der Waals surface area (Å²) in [7, 11) is 1.21. The van der Waals surface area contributed by atoms with Crippen molar-refractivity contribution >= 4 is 17.3 Å². The number of carbonyl (C=O) groups is 3. The van der Waals surface area contributed by atoms with Gasteiger partial charge in [-0.05, 0) is 31.5 Å². The van der Waals surface area contributed by atoms with Crippen LogP contribution in [0.4, 0.5) is 0 Å². The van der Waals surface area contributed by atoms with Gasteiger partial charge in [-0.3, -0.25) is 14.4 Å². The summed E-state index contributed by atoms with van der Waals surface area (Å²) < 4.78 is 16.6. The number of fused-ring (bicyclic) bond motifs is 2. The van der Waals surface area contributed by atoms with Crippen LogP contribution in [0.1, 0.15) is 54.7 Å². The van der Waals surface area contributed by atoms with E-state index in [4.69, 9.17) is 14.2 Å². The van der Waals surface area contributed by atoms with Gasteiger partial charge in [0, 0.05) is 22.8 Å². The largest absolute Gasteiger partial charge is 0.507 e. The van der Waals surface area contributed by atoms with Crippen molar-refractivity contribution in [3.63, 3.8) is 0 Å². The van der Waals surface area contributed by atoms with Gasteiger partial charge in [-0.15, -0.1) is 0 Å². The summed E-state index contributed by atoms with van der Waals surface area (Å²) in [5.74, 6) is -4.69. The first-order valence-corrected chi connectivity index (χ1v) is 13.0. The molecule has 7 N–H and O–H groups in total. The minimum absolute atomic E-state index is 0.137. The van der Waals surface area contributed by atoms with Crippen molar-refractivity contribution < 1.29 is 64.3 Å². The van der Waals surface area contributed by atoms with Crippen LogP contribution in [0.5, 0.6) is 28.7 Å². The molecule has 3 aromatic carbocycles. The Morgan fingerprint density at radius 3 is 2.19 bits per heavy atom. The zero-order chi connectivity index (χ0) is 31.5. The Bertz CT molecular complexity index is 1680. The van der Waals surface area contributed by atoms with Crippen molar-refractivity contribution in [1.82, 2.24) is 0 Å². The van der Waals surface area contributed by atoms with E-state index in [2.05, 4.69) is 0 Å². The van der Waals surface area contributed by atoms with Crippen molar-refractivity contribution in [3.8, 4) is 39.9 Å². The number of Topliss-reactive ketones (excluding diaryl/α,β-unsaturated/α-hetero) is 1. The number of hydrogen-bond donors (Lipinski definition) is 7. The maximum atomic E-state index is 13.9. The van der Waals surface area contributed by atoms with Gasteiger partial charge in [-0.1, -0.05) is 12.1 Å². The van der Waals surface area contributed by atoms with Crippen molar-refractivity contribution in [2.45, 2.75) is 44.6 Å². The molecule has 0 aromatic heterocycles. The number of methoxy groups -OCH3 is 1. The maximum Gasteiger partial charge on any atom is 0.229 e. The summed E-state index contributed by atoms with van der Waals surface area (Å²) >= 11 is 0. The summed E-state index contributed by atoms with van der Waals surface area (Å²) in [5.41, 5.74) is -2.00. The van der Waals surface area contributed by atoms with Crippen LogP contribution in [-0.4, -0.2) is 97.5 Å². The average molecular weight is 597 g/mol. The summed E-state index contributed by atoms with van der Waals surface area (Å²) in [6, 6.07) is 6.18. The molecule has 1 fully saturated rings. The highest BCUT2D eigenvalue weighted by atomic mass is 16.7. The molecule has 43 heavy (non-hydrogen) atoms. The number of aryl methyl sites for hydroxylation is 1. The lowest BCUT2D eigenvalue weighted by Crippen LogP contribution is -2.60. The second-order valence-electron chi connectivity index (χ2n) is 10.2. The Balaban J connectivity index is 1.82. The highest BCUT2D eigenvalue weighted by Crippen LogP contribution is 2.51. The van der Waals surface area contributed by atoms with Crippen LogP contribution in [0.3, 0.4) is 0 Å². The minimum atomic E-state index is -1.88. The summed E-state index contributed by atoms with van der Waals surface area (Å²) in [6.07, 6.45) is -8.51. The highest BCUT2D eigenvalue weighted by Gasteiger charge is 2.46. The number of ketones is 3. The van der Waals surface area contributed by atoms with E-state index in [1.807, 2.05) is 0 Å². The molecule has 0 bridgehead atoms. The molecule has 13 heteroatoms. The SMILES string of the molecule is COc1cc(O[C@@H]2O[C@H](CO)[C@@H](O)[C@H](O)[C@H]2O)c(-c2c(C)cc(O)c3c2C(=O)c2cccc(O)c2C3=O)c(O)c1C(C)=O. The van der Waals surface area contributed by atoms with Crippen molar-refractivity contribution in [3.05, 3.63) is 63.7 Å². The fourth-order valence-electron chi connectivity index (χ4n) is 5.55. The molecule has 5 rings (SSSR count). The molecule has 0 spiro atoms. The van der Waals surface area contributed by atoms with Crippen LogP contribution in [0, 0.1) is 6.92 Å².